The molecule has 0 aliphatic heterocycles. The summed E-state index contributed by atoms with van der Waals surface area (Å²) in [6.07, 6.45) is 0.170. The van der Waals surface area contributed by atoms with E-state index in [1.165, 1.54) is 29.2 Å². The third-order valence-corrected chi connectivity index (χ3v) is 9.80. The van der Waals surface area contributed by atoms with Crippen molar-refractivity contribution in [2.45, 2.75) is 50.7 Å². The Morgan fingerprint density at radius 1 is 0.851 bits per heavy atom. The fraction of sp³-hybridized carbons (Fsp3) is 0.257. The number of hydrogen-bond acceptors (Lipinski definition) is 5. The second-order valence-corrected chi connectivity index (χ2v) is 14.2. The second kappa shape index (κ2) is 16.4. The van der Waals surface area contributed by atoms with Gasteiger partial charge in [-0.15, -0.1) is 0 Å². The number of ether oxygens (including phenoxy) is 1. The summed E-state index contributed by atoms with van der Waals surface area (Å²) in [7, 11) is -4.29. The number of anilines is 1. The van der Waals surface area contributed by atoms with Gasteiger partial charge in [-0.1, -0.05) is 71.2 Å². The van der Waals surface area contributed by atoms with Crippen molar-refractivity contribution in [1.82, 2.24) is 10.2 Å². The molecule has 0 aliphatic carbocycles. The highest BCUT2D eigenvalue weighted by molar-refractivity contribution is 7.92. The maximum absolute atomic E-state index is 14.6. The van der Waals surface area contributed by atoms with Crippen LogP contribution in [0.15, 0.2) is 102 Å². The van der Waals surface area contributed by atoms with E-state index in [2.05, 4.69) is 5.32 Å². The minimum atomic E-state index is -4.29. The Kier molecular flexibility index (Phi) is 12.6. The van der Waals surface area contributed by atoms with Crippen molar-refractivity contribution in [3.05, 3.63) is 123 Å². The third-order valence-electron chi connectivity index (χ3n) is 7.17. The molecule has 47 heavy (non-hydrogen) atoms. The summed E-state index contributed by atoms with van der Waals surface area (Å²) in [5.41, 5.74) is 1.58. The van der Waals surface area contributed by atoms with Crippen molar-refractivity contribution >= 4 is 62.3 Å². The van der Waals surface area contributed by atoms with Crippen LogP contribution < -0.4 is 14.4 Å². The van der Waals surface area contributed by atoms with Crippen LogP contribution in [0.4, 0.5) is 5.69 Å². The summed E-state index contributed by atoms with van der Waals surface area (Å²) >= 11 is 18.8. The number of halogens is 3. The Bertz CT molecular complexity index is 1770. The molecule has 4 aromatic carbocycles. The van der Waals surface area contributed by atoms with Crippen LogP contribution in [0.1, 0.15) is 31.9 Å². The van der Waals surface area contributed by atoms with Gasteiger partial charge in [0.2, 0.25) is 11.8 Å². The normalized spacial score (nSPS) is 12.0. The van der Waals surface area contributed by atoms with Gasteiger partial charge in [-0.25, -0.2) is 8.42 Å². The molecule has 12 heteroatoms. The summed E-state index contributed by atoms with van der Waals surface area (Å²) in [4.78, 5) is 29.7. The fourth-order valence-electron chi connectivity index (χ4n) is 4.91. The first-order valence-electron chi connectivity index (χ1n) is 15.0. The van der Waals surface area contributed by atoms with Gasteiger partial charge in [-0.3, -0.25) is 13.9 Å². The van der Waals surface area contributed by atoms with Gasteiger partial charge in [0.1, 0.15) is 18.3 Å². The van der Waals surface area contributed by atoms with Gasteiger partial charge in [0, 0.05) is 34.1 Å². The maximum Gasteiger partial charge on any atom is 0.264 e. The highest BCUT2D eigenvalue weighted by Crippen LogP contribution is 2.29. The number of carbonyl (C=O) groups excluding carboxylic acids is 2. The summed E-state index contributed by atoms with van der Waals surface area (Å²) in [6.45, 7) is 5.21. The molecule has 0 bridgehead atoms. The van der Waals surface area contributed by atoms with Crippen LogP contribution >= 0.6 is 34.8 Å². The van der Waals surface area contributed by atoms with Crippen LogP contribution in [0.5, 0.6) is 5.75 Å². The van der Waals surface area contributed by atoms with Gasteiger partial charge in [0.25, 0.3) is 10.0 Å². The zero-order valence-corrected chi connectivity index (χ0v) is 29.3. The second-order valence-electron chi connectivity index (χ2n) is 11.0. The number of carbonyl (C=O) groups is 2. The Morgan fingerprint density at radius 3 is 2.09 bits per heavy atom. The van der Waals surface area contributed by atoms with Crippen molar-refractivity contribution < 1.29 is 22.7 Å². The van der Waals surface area contributed by atoms with Crippen molar-refractivity contribution in [2.75, 3.05) is 17.5 Å². The van der Waals surface area contributed by atoms with E-state index < -0.39 is 34.4 Å². The van der Waals surface area contributed by atoms with E-state index in [1.807, 2.05) is 51.1 Å². The highest BCUT2D eigenvalue weighted by atomic mass is 35.5. The average molecular weight is 717 g/mol. The third kappa shape index (κ3) is 9.64. The molecular formula is C35H36Cl3N3O5S. The van der Waals surface area contributed by atoms with E-state index in [1.54, 1.807) is 42.5 Å². The van der Waals surface area contributed by atoms with Crippen molar-refractivity contribution in [3.8, 4) is 5.75 Å². The van der Waals surface area contributed by atoms with Crippen LogP contribution in [-0.2, 0) is 32.6 Å². The zero-order valence-electron chi connectivity index (χ0n) is 26.2. The summed E-state index contributed by atoms with van der Waals surface area (Å²) in [6, 6.07) is 25.0. The molecule has 0 saturated heterocycles. The first kappa shape index (κ1) is 36.1. The van der Waals surface area contributed by atoms with Gasteiger partial charge < -0.3 is 15.0 Å². The monoisotopic (exact) mass is 715 g/mol. The number of hydrogen-bond donors (Lipinski definition) is 1. The summed E-state index contributed by atoms with van der Waals surface area (Å²) < 4.78 is 34.9. The molecular weight excluding hydrogens is 681 g/mol. The molecule has 0 radical (unpaired) electrons. The Hall–Kier alpha value is -3.76. The number of benzene rings is 4. The molecule has 8 nitrogen and oxygen atoms in total. The fourth-order valence-corrected chi connectivity index (χ4v) is 6.91. The lowest BCUT2D eigenvalue weighted by Crippen LogP contribution is -2.54. The first-order valence-corrected chi connectivity index (χ1v) is 17.5. The molecule has 2 amide bonds. The zero-order chi connectivity index (χ0) is 34.1. The van der Waals surface area contributed by atoms with Crippen LogP contribution in [0, 0.1) is 0 Å². The molecule has 0 unspecified atom stereocenters. The SMILES string of the molecule is CCOc1ccc(N(CC(=O)N(Cc2ccc(Cl)cc2Cl)[C@H](Cc2ccccc2)C(=O)NC(C)C)S(=O)(=O)c2ccc(Cl)cc2)cc1. The van der Waals surface area contributed by atoms with Crippen molar-refractivity contribution in [1.29, 1.82) is 0 Å². The van der Waals surface area contributed by atoms with Crippen LogP contribution in [0.25, 0.3) is 0 Å². The van der Waals surface area contributed by atoms with Gasteiger partial charge in [0.05, 0.1) is 17.2 Å². The van der Waals surface area contributed by atoms with E-state index >= 15 is 0 Å². The molecule has 1 atom stereocenters. The molecule has 0 aliphatic rings. The lowest BCUT2D eigenvalue weighted by molar-refractivity contribution is -0.140. The Balaban J connectivity index is 1.82. The Labute approximate surface area is 291 Å². The van der Waals surface area contributed by atoms with Crippen LogP contribution in [-0.4, -0.2) is 50.4 Å². The number of amides is 2. The summed E-state index contributed by atoms with van der Waals surface area (Å²) in [5, 5.41) is 4.00. The maximum atomic E-state index is 14.6. The number of rotatable bonds is 14. The molecule has 4 aromatic rings. The molecule has 0 saturated carbocycles. The highest BCUT2D eigenvalue weighted by Gasteiger charge is 2.35. The molecule has 0 aromatic heterocycles. The van der Waals surface area contributed by atoms with Gasteiger partial charge in [-0.2, -0.15) is 0 Å². The smallest absolute Gasteiger partial charge is 0.264 e. The van der Waals surface area contributed by atoms with Crippen molar-refractivity contribution in [3.63, 3.8) is 0 Å². The standard InChI is InChI=1S/C35H36Cl3N3O5S/c1-4-46-30-16-14-29(15-17-30)41(47(44,45)31-18-12-27(36)13-19-31)23-34(42)40(22-26-10-11-28(37)21-32(26)38)33(35(43)39-24(2)3)20-25-8-6-5-7-9-25/h5-19,21,24,33H,4,20,22-23H2,1-3H3,(H,39,43)/t33-/m1/s1. The molecule has 0 fully saturated rings. The molecule has 0 spiro atoms. The molecule has 0 heterocycles. The molecule has 1 N–H and O–H groups in total. The quantitative estimate of drug-likeness (QED) is 0.147. The predicted octanol–water partition coefficient (Wildman–Crippen LogP) is 7.41. The molecule has 4 rings (SSSR count). The number of sulfonamides is 1. The average Bonchev–Trinajstić information content (AvgIpc) is 3.03. The van der Waals surface area contributed by atoms with E-state index in [4.69, 9.17) is 39.5 Å². The lowest BCUT2D eigenvalue weighted by atomic mass is 10.0. The van der Waals surface area contributed by atoms with Crippen molar-refractivity contribution in [2.24, 2.45) is 0 Å². The van der Waals surface area contributed by atoms with Gasteiger partial charge >= 0.3 is 0 Å². The predicted molar refractivity (Wildman–Crippen MR) is 188 cm³/mol. The van der Waals surface area contributed by atoms with Crippen LogP contribution in [0.3, 0.4) is 0 Å². The molecule has 248 valence electrons. The lowest BCUT2D eigenvalue weighted by Gasteiger charge is -2.34. The minimum Gasteiger partial charge on any atom is -0.494 e. The van der Waals surface area contributed by atoms with E-state index in [0.717, 1.165) is 9.87 Å². The summed E-state index contributed by atoms with van der Waals surface area (Å²) in [5.74, 6) is -0.476. The van der Waals surface area contributed by atoms with Gasteiger partial charge in [-0.05, 0) is 92.6 Å². The van der Waals surface area contributed by atoms with E-state index in [9.17, 15) is 18.0 Å². The number of nitrogens with zero attached hydrogens (tertiary/aromatic N) is 2. The topological polar surface area (TPSA) is 96.0 Å². The number of nitrogens with one attached hydrogen (secondary N) is 1. The van der Waals surface area contributed by atoms with E-state index in [-0.39, 0.29) is 29.6 Å². The van der Waals surface area contributed by atoms with E-state index in [0.29, 0.717) is 33.0 Å². The first-order chi connectivity index (χ1) is 22.4. The Morgan fingerprint density at radius 2 is 1.49 bits per heavy atom. The van der Waals surface area contributed by atoms with Crippen LogP contribution in [0.2, 0.25) is 15.1 Å². The minimum absolute atomic E-state index is 0.0609. The van der Waals surface area contributed by atoms with Gasteiger partial charge in [0.15, 0.2) is 0 Å². The largest absolute Gasteiger partial charge is 0.494 e.